The van der Waals surface area contributed by atoms with E-state index in [1.165, 1.54) is 11.3 Å². The third-order valence-electron chi connectivity index (χ3n) is 6.11. The minimum atomic E-state index is -0.213. The number of H-pyrrole nitrogens is 1. The average molecular weight is 494 g/mol. The molecule has 2 amide bonds. The minimum absolute atomic E-state index is 0.0938. The number of imidazole rings is 1. The Morgan fingerprint density at radius 2 is 1.85 bits per heavy atom. The molecule has 174 valence electrons. The van der Waals surface area contributed by atoms with Crippen molar-refractivity contribution in [3.05, 3.63) is 81.0 Å². The summed E-state index contributed by atoms with van der Waals surface area (Å²) in [6, 6.07) is 15.2. The number of hydrogen-bond donors (Lipinski definition) is 2. The second-order valence-corrected chi connectivity index (χ2v) is 9.67. The van der Waals surface area contributed by atoms with Gasteiger partial charge in [-0.05, 0) is 36.6 Å². The van der Waals surface area contributed by atoms with Crippen LogP contribution < -0.4 is 5.32 Å². The van der Waals surface area contributed by atoms with Crippen LogP contribution in [0.5, 0.6) is 0 Å². The Morgan fingerprint density at radius 1 is 1.09 bits per heavy atom. The van der Waals surface area contributed by atoms with Crippen molar-refractivity contribution in [1.29, 1.82) is 0 Å². The SMILES string of the molecule is O=C(NCc1nc2ccccc2[nH]1)c1csc(C2CCN(C(=O)Cc3ccccc3Cl)CC2)n1. The van der Waals surface area contributed by atoms with Gasteiger partial charge in [-0.25, -0.2) is 9.97 Å². The Balaban J connectivity index is 1.13. The van der Waals surface area contributed by atoms with Crippen molar-refractivity contribution < 1.29 is 9.59 Å². The maximum atomic E-state index is 12.7. The maximum Gasteiger partial charge on any atom is 0.271 e. The molecule has 7 nitrogen and oxygen atoms in total. The molecule has 1 fully saturated rings. The van der Waals surface area contributed by atoms with Crippen LogP contribution in [0.2, 0.25) is 5.02 Å². The lowest BCUT2D eigenvalue weighted by Crippen LogP contribution is -2.38. The smallest absolute Gasteiger partial charge is 0.271 e. The molecule has 0 aliphatic carbocycles. The largest absolute Gasteiger partial charge is 0.343 e. The van der Waals surface area contributed by atoms with Crippen molar-refractivity contribution in [2.24, 2.45) is 0 Å². The predicted molar refractivity (Wildman–Crippen MR) is 133 cm³/mol. The van der Waals surface area contributed by atoms with Crippen molar-refractivity contribution in [2.75, 3.05) is 13.1 Å². The molecular weight excluding hydrogens is 470 g/mol. The van der Waals surface area contributed by atoms with Gasteiger partial charge in [-0.1, -0.05) is 41.9 Å². The first-order chi connectivity index (χ1) is 16.6. The fourth-order valence-electron chi connectivity index (χ4n) is 4.22. The molecule has 0 bridgehead atoms. The second-order valence-electron chi connectivity index (χ2n) is 8.38. The summed E-state index contributed by atoms with van der Waals surface area (Å²) < 4.78 is 0. The number of halogens is 1. The van der Waals surface area contributed by atoms with Gasteiger partial charge >= 0.3 is 0 Å². The Labute approximate surface area is 206 Å². The molecule has 0 atom stereocenters. The number of aromatic nitrogens is 3. The van der Waals surface area contributed by atoms with Crippen molar-refractivity contribution in [2.45, 2.75) is 31.7 Å². The van der Waals surface area contributed by atoms with Gasteiger partial charge in [0.1, 0.15) is 11.5 Å². The number of fused-ring (bicyclic) bond motifs is 1. The van der Waals surface area contributed by atoms with Crippen molar-refractivity contribution >= 4 is 45.8 Å². The van der Waals surface area contributed by atoms with E-state index in [4.69, 9.17) is 11.6 Å². The van der Waals surface area contributed by atoms with Crippen molar-refractivity contribution in [3.63, 3.8) is 0 Å². The number of para-hydroxylation sites is 2. The number of hydrogen-bond acceptors (Lipinski definition) is 5. The summed E-state index contributed by atoms with van der Waals surface area (Å²) in [7, 11) is 0. The number of likely N-dealkylation sites (tertiary alicyclic amines) is 1. The molecule has 4 aromatic rings. The Hall–Kier alpha value is -3.23. The summed E-state index contributed by atoms with van der Waals surface area (Å²) in [5, 5.41) is 6.27. The van der Waals surface area contributed by atoms with Crippen LogP contribution in [0, 0.1) is 0 Å². The number of aromatic amines is 1. The lowest BCUT2D eigenvalue weighted by Gasteiger charge is -2.31. The van der Waals surface area contributed by atoms with Crippen LogP contribution >= 0.6 is 22.9 Å². The highest BCUT2D eigenvalue weighted by Gasteiger charge is 2.26. The van der Waals surface area contributed by atoms with E-state index >= 15 is 0 Å². The van der Waals surface area contributed by atoms with E-state index in [2.05, 4.69) is 20.3 Å². The van der Waals surface area contributed by atoms with Gasteiger partial charge in [-0.2, -0.15) is 0 Å². The highest BCUT2D eigenvalue weighted by atomic mass is 35.5. The summed E-state index contributed by atoms with van der Waals surface area (Å²) in [4.78, 5) is 39.5. The Kier molecular flexibility index (Phi) is 6.60. The summed E-state index contributed by atoms with van der Waals surface area (Å²) in [5.41, 5.74) is 3.10. The van der Waals surface area contributed by atoms with Gasteiger partial charge in [0.15, 0.2) is 0 Å². The van der Waals surface area contributed by atoms with Crippen molar-refractivity contribution in [3.8, 4) is 0 Å². The molecule has 1 aliphatic heterocycles. The number of thiazole rings is 1. The van der Waals surface area contributed by atoms with Gasteiger partial charge in [-0.15, -0.1) is 11.3 Å². The van der Waals surface area contributed by atoms with E-state index in [9.17, 15) is 9.59 Å². The molecular formula is C25H24ClN5O2S. The van der Waals surface area contributed by atoms with E-state index in [1.807, 2.05) is 53.4 Å². The molecule has 1 aliphatic rings. The number of piperidine rings is 1. The minimum Gasteiger partial charge on any atom is -0.343 e. The maximum absolute atomic E-state index is 12.7. The van der Waals surface area contributed by atoms with Gasteiger partial charge < -0.3 is 15.2 Å². The van der Waals surface area contributed by atoms with E-state index in [0.29, 0.717) is 42.6 Å². The molecule has 0 unspecified atom stereocenters. The van der Waals surface area contributed by atoms with Crippen LogP contribution in [0.3, 0.4) is 0 Å². The normalized spacial score (nSPS) is 14.4. The van der Waals surface area contributed by atoms with Crippen molar-refractivity contribution in [1.82, 2.24) is 25.2 Å². The van der Waals surface area contributed by atoms with E-state index in [0.717, 1.165) is 34.4 Å². The highest BCUT2D eigenvalue weighted by Crippen LogP contribution is 2.31. The number of carbonyl (C=O) groups is 2. The fraction of sp³-hybridized carbons (Fsp3) is 0.280. The van der Waals surface area contributed by atoms with Crippen LogP contribution in [0.15, 0.2) is 53.9 Å². The lowest BCUT2D eigenvalue weighted by atomic mass is 9.97. The first kappa shape index (κ1) is 22.6. The zero-order valence-electron chi connectivity index (χ0n) is 18.5. The predicted octanol–water partition coefficient (Wildman–Crippen LogP) is 4.55. The van der Waals surface area contributed by atoms with Gasteiger partial charge in [0, 0.05) is 29.4 Å². The van der Waals surface area contributed by atoms with Crippen LogP contribution in [0.25, 0.3) is 11.0 Å². The van der Waals surface area contributed by atoms with Crippen LogP contribution in [-0.2, 0) is 17.8 Å². The molecule has 3 heterocycles. The zero-order chi connectivity index (χ0) is 23.5. The molecule has 9 heteroatoms. The highest BCUT2D eigenvalue weighted by molar-refractivity contribution is 7.09. The van der Waals surface area contributed by atoms with E-state index in [-0.39, 0.29) is 17.7 Å². The monoisotopic (exact) mass is 493 g/mol. The van der Waals surface area contributed by atoms with Crippen LogP contribution in [0.4, 0.5) is 0 Å². The third kappa shape index (κ3) is 4.98. The van der Waals surface area contributed by atoms with Gasteiger partial charge in [0.25, 0.3) is 5.91 Å². The molecule has 5 rings (SSSR count). The van der Waals surface area contributed by atoms with Crippen LogP contribution in [-0.4, -0.2) is 44.8 Å². The molecule has 0 radical (unpaired) electrons. The molecule has 0 spiro atoms. The second kappa shape index (κ2) is 9.95. The summed E-state index contributed by atoms with van der Waals surface area (Å²) >= 11 is 7.71. The average Bonchev–Trinajstić information content (AvgIpc) is 3.51. The van der Waals surface area contributed by atoms with Gasteiger partial charge in [0.05, 0.1) is 29.0 Å². The van der Waals surface area contributed by atoms with E-state index < -0.39 is 0 Å². The molecule has 34 heavy (non-hydrogen) atoms. The standard InChI is InChI=1S/C25H24ClN5O2S/c26-18-6-2-1-5-17(18)13-23(32)31-11-9-16(10-12-31)25-30-21(15-34-25)24(33)27-14-22-28-19-7-3-4-8-20(19)29-22/h1-8,15-16H,9-14H2,(H,27,33)(H,28,29). The number of rotatable bonds is 6. The lowest BCUT2D eigenvalue weighted by molar-refractivity contribution is -0.131. The summed E-state index contributed by atoms with van der Waals surface area (Å²) in [6.07, 6.45) is 1.99. The number of nitrogens with one attached hydrogen (secondary N) is 2. The first-order valence-electron chi connectivity index (χ1n) is 11.3. The molecule has 2 N–H and O–H groups in total. The van der Waals surface area contributed by atoms with Crippen LogP contribution in [0.1, 0.15) is 45.6 Å². The summed E-state index contributed by atoms with van der Waals surface area (Å²) in [5.74, 6) is 0.844. The quantitative estimate of drug-likeness (QED) is 0.412. The molecule has 2 aromatic heterocycles. The number of nitrogens with zero attached hydrogens (tertiary/aromatic N) is 3. The topological polar surface area (TPSA) is 91.0 Å². The van der Waals surface area contributed by atoms with Gasteiger partial charge in [-0.3, -0.25) is 9.59 Å². The zero-order valence-corrected chi connectivity index (χ0v) is 20.0. The van der Waals surface area contributed by atoms with E-state index in [1.54, 1.807) is 5.38 Å². The Bertz CT molecular complexity index is 1290. The van der Waals surface area contributed by atoms with Gasteiger partial charge in [0.2, 0.25) is 5.91 Å². The number of amides is 2. The first-order valence-corrected chi connectivity index (χ1v) is 12.5. The molecule has 2 aromatic carbocycles. The molecule has 1 saturated heterocycles. The number of carbonyl (C=O) groups excluding carboxylic acids is 2. The Morgan fingerprint density at radius 3 is 2.65 bits per heavy atom. The fourth-order valence-corrected chi connectivity index (χ4v) is 5.39. The third-order valence-corrected chi connectivity index (χ3v) is 7.48. The molecule has 0 saturated carbocycles. The summed E-state index contributed by atoms with van der Waals surface area (Å²) in [6.45, 7) is 1.68. The number of benzene rings is 2.